The van der Waals surface area contributed by atoms with Gasteiger partial charge in [-0.15, -0.1) is 0 Å². The summed E-state index contributed by atoms with van der Waals surface area (Å²) in [6.45, 7) is 12.0. The zero-order valence-electron chi connectivity index (χ0n) is 9.89. The molecule has 0 aromatic rings. The molecule has 0 aromatic heterocycles. The first-order valence-corrected chi connectivity index (χ1v) is 4.67. The molecular formula is C10H23NO2. The molecule has 13 heavy (non-hydrogen) atoms. The molecule has 0 radical (unpaired) electrons. The summed E-state index contributed by atoms with van der Waals surface area (Å²) in [6.07, 6.45) is -0.347. The van der Waals surface area contributed by atoms with E-state index in [0.717, 1.165) is 0 Å². The summed E-state index contributed by atoms with van der Waals surface area (Å²) in [6, 6.07) is 0. The molecule has 0 amide bonds. The first kappa shape index (κ1) is 12.9. The number of hydrogen-bond acceptors (Lipinski definition) is 3. The summed E-state index contributed by atoms with van der Waals surface area (Å²) in [4.78, 5) is 0. The molecule has 0 aliphatic rings. The minimum absolute atomic E-state index is 0.196. The number of ether oxygens (including phenoxy) is 2. The fourth-order valence-corrected chi connectivity index (χ4v) is 0.784. The normalized spacial score (nSPS) is 13.8. The van der Waals surface area contributed by atoms with Crippen molar-refractivity contribution in [1.29, 1.82) is 0 Å². The topological polar surface area (TPSA) is 30.5 Å². The highest BCUT2D eigenvalue weighted by Crippen LogP contribution is 2.15. The molecule has 0 atom stereocenters. The molecule has 0 saturated heterocycles. The van der Waals surface area contributed by atoms with E-state index in [1.807, 2.05) is 48.6 Å². The van der Waals surface area contributed by atoms with E-state index in [-0.39, 0.29) is 17.6 Å². The average Bonchev–Trinajstić information content (AvgIpc) is 1.79. The Hall–Kier alpha value is -0.120. The van der Waals surface area contributed by atoms with Gasteiger partial charge in [0.1, 0.15) is 0 Å². The highest BCUT2D eigenvalue weighted by atomic mass is 16.7. The predicted octanol–water partition coefficient (Wildman–Crippen LogP) is 2.12. The average molecular weight is 189 g/mol. The minimum Gasteiger partial charge on any atom is -0.334 e. The van der Waals surface area contributed by atoms with Gasteiger partial charge in [-0.1, -0.05) is 0 Å². The van der Waals surface area contributed by atoms with Crippen molar-refractivity contribution in [3.8, 4) is 0 Å². The van der Waals surface area contributed by atoms with Crippen molar-refractivity contribution in [2.75, 3.05) is 7.05 Å². The van der Waals surface area contributed by atoms with Gasteiger partial charge in [-0.2, -0.15) is 0 Å². The van der Waals surface area contributed by atoms with E-state index in [2.05, 4.69) is 5.32 Å². The Morgan fingerprint density at radius 2 is 1.15 bits per heavy atom. The van der Waals surface area contributed by atoms with Crippen molar-refractivity contribution in [1.82, 2.24) is 5.32 Å². The predicted molar refractivity (Wildman–Crippen MR) is 54.5 cm³/mol. The van der Waals surface area contributed by atoms with Crippen molar-refractivity contribution < 1.29 is 9.47 Å². The van der Waals surface area contributed by atoms with Crippen molar-refractivity contribution in [3.05, 3.63) is 0 Å². The summed E-state index contributed by atoms with van der Waals surface area (Å²) in [5.41, 5.74) is -0.391. The summed E-state index contributed by atoms with van der Waals surface area (Å²) < 4.78 is 11.3. The third kappa shape index (κ3) is 8.22. The lowest BCUT2D eigenvalue weighted by Gasteiger charge is -2.32. The van der Waals surface area contributed by atoms with E-state index in [1.54, 1.807) is 0 Å². The van der Waals surface area contributed by atoms with Crippen LogP contribution in [0.3, 0.4) is 0 Å². The van der Waals surface area contributed by atoms with Gasteiger partial charge >= 0.3 is 0 Å². The van der Waals surface area contributed by atoms with Gasteiger partial charge in [0.25, 0.3) is 0 Å². The fourth-order valence-electron chi connectivity index (χ4n) is 0.784. The summed E-state index contributed by atoms with van der Waals surface area (Å²) in [5.74, 6) is 0. The van der Waals surface area contributed by atoms with E-state index in [4.69, 9.17) is 9.47 Å². The van der Waals surface area contributed by atoms with Crippen LogP contribution in [0.4, 0.5) is 0 Å². The molecule has 0 aliphatic carbocycles. The maximum absolute atomic E-state index is 5.63. The third-order valence-corrected chi connectivity index (χ3v) is 1.16. The van der Waals surface area contributed by atoms with Crippen LogP contribution < -0.4 is 5.32 Å². The lowest BCUT2D eigenvalue weighted by molar-refractivity contribution is -0.244. The van der Waals surface area contributed by atoms with Crippen LogP contribution in [0, 0.1) is 0 Å². The van der Waals surface area contributed by atoms with Crippen molar-refractivity contribution >= 4 is 0 Å². The highest BCUT2D eigenvalue weighted by molar-refractivity contribution is 4.63. The molecule has 0 saturated carbocycles. The molecular weight excluding hydrogens is 166 g/mol. The van der Waals surface area contributed by atoms with Gasteiger partial charge in [0.2, 0.25) is 6.41 Å². The lowest BCUT2D eigenvalue weighted by Crippen LogP contribution is -2.42. The second-order valence-electron chi connectivity index (χ2n) is 5.08. The van der Waals surface area contributed by atoms with Gasteiger partial charge in [-0.3, -0.25) is 5.32 Å². The summed E-state index contributed by atoms with van der Waals surface area (Å²) >= 11 is 0. The Morgan fingerprint density at radius 3 is 1.31 bits per heavy atom. The van der Waals surface area contributed by atoms with Crippen LogP contribution in [-0.4, -0.2) is 24.7 Å². The minimum atomic E-state index is -0.347. The zero-order chi connectivity index (χ0) is 10.7. The van der Waals surface area contributed by atoms with Crippen LogP contribution in [0.1, 0.15) is 41.5 Å². The smallest absolute Gasteiger partial charge is 0.216 e. The van der Waals surface area contributed by atoms with Gasteiger partial charge in [-0.25, -0.2) is 0 Å². The zero-order valence-corrected chi connectivity index (χ0v) is 9.89. The van der Waals surface area contributed by atoms with E-state index in [1.165, 1.54) is 0 Å². The van der Waals surface area contributed by atoms with Crippen LogP contribution in [0.25, 0.3) is 0 Å². The Kier molecular flexibility index (Phi) is 4.36. The van der Waals surface area contributed by atoms with E-state index in [0.29, 0.717) is 0 Å². The van der Waals surface area contributed by atoms with Crippen LogP contribution in [0.15, 0.2) is 0 Å². The van der Waals surface area contributed by atoms with E-state index >= 15 is 0 Å². The molecule has 0 rings (SSSR count). The lowest BCUT2D eigenvalue weighted by atomic mass is 10.2. The number of nitrogens with one attached hydrogen (secondary N) is 1. The van der Waals surface area contributed by atoms with Crippen molar-refractivity contribution in [2.24, 2.45) is 0 Å². The quantitative estimate of drug-likeness (QED) is 0.690. The van der Waals surface area contributed by atoms with Crippen LogP contribution in [-0.2, 0) is 9.47 Å². The largest absolute Gasteiger partial charge is 0.334 e. The second-order valence-corrected chi connectivity index (χ2v) is 5.08. The molecule has 80 valence electrons. The third-order valence-electron chi connectivity index (χ3n) is 1.16. The SMILES string of the molecule is CNC(OC(C)(C)C)OC(C)(C)C. The standard InChI is InChI=1S/C10H23NO2/c1-9(2,3)12-8(11-7)13-10(4,5)6/h8,11H,1-7H3. The first-order chi connectivity index (χ1) is 5.64. The van der Waals surface area contributed by atoms with Gasteiger partial charge in [0.15, 0.2) is 0 Å². The molecule has 0 heterocycles. The van der Waals surface area contributed by atoms with Crippen LogP contribution >= 0.6 is 0 Å². The van der Waals surface area contributed by atoms with E-state index in [9.17, 15) is 0 Å². The molecule has 0 aromatic carbocycles. The van der Waals surface area contributed by atoms with Gasteiger partial charge in [0.05, 0.1) is 11.2 Å². The highest BCUT2D eigenvalue weighted by Gasteiger charge is 2.22. The molecule has 0 aliphatic heterocycles. The molecule has 1 N–H and O–H groups in total. The van der Waals surface area contributed by atoms with Gasteiger partial charge in [-0.05, 0) is 48.6 Å². The van der Waals surface area contributed by atoms with Crippen molar-refractivity contribution in [3.63, 3.8) is 0 Å². The van der Waals surface area contributed by atoms with Gasteiger partial charge < -0.3 is 9.47 Å². The Morgan fingerprint density at radius 1 is 0.846 bits per heavy atom. The molecule has 0 unspecified atom stereocenters. The van der Waals surface area contributed by atoms with Crippen LogP contribution in [0.2, 0.25) is 0 Å². The molecule has 0 fully saturated rings. The maximum atomic E-state index is 5.63. The van der Waals surface area contributed by atoms with Gasteiger partial charge in [0, 0.05) is 0 Å². The van der Waals surface area contributed by atoms with Crippen LogP contribution in [0.5, 0.6) is 0 Å². The Balaban J connectivity index is 4.05. The molecule has 3 nitrogen and oxygen atoms in total. The number of hydrogen-bond donors (Lipinski definition) is 1. The van der Waals surface area contributed by atoms with Crippen molar-refractivity contribution in [2.45, 2.75) is 59.2 Å². The monoisotopic (exact) mass is 189 g/mol. The molecule has 3 heteroatoms. The Labute approximate surface area is 81.8 Å². The summed E-state index contributed by atoms with van der Waals surface area (Å²) in [5, 5.41) is 2.97. The molecule has 0 bridgehead atoms. The number of rotatable bonds is 3. The van der Waals surface area contributed by atoms with E-state index < -0.39 is 0 Å². The Bertz CT molecular complexity index is 128. The summed E-state index contributed by atoms with van der Waals surface area (Å²) in [7, 11) is 1.82. The molecule has 0 spiro atoms. The first-order valence-electron chi connectivity index (χ1n) is 4.67. The second kappa shape index (κ2) is 4.40. The maximum Gasteiger partial charge on any atom is 0.216 e. The fraction of sp³-hybridized carbons (Fsp3) is 1.00.